The van der Waals surface area contributed by atoms with Crippen LogP contribution < -0.4 is 0 Å². The summed E-state index contributed by atoms with van der Waals surface area (Å²) in [6, 6.07) is 0. The molecule has 2 saturated heterocycles. The van der Waals surface area contributed by atoms with Crippen molar-refractivity contribution in [3.8, 4) is 0 Å². The van der Waals surface area contributed by atoms with Crippen LogP contribution in [-0.2, 0) is 23.7 Å². The fourth-order valence-electron chi connectivity index (χ4n) is 13.3. The van der Waals surface area contributed by atoms with Crippen LogP contribution in [0, 0.1) is 45.3 Å². The van der Waals surface area contributed by atoms with Crippen LogP contribution in [0.1, 0.15) is 99.8 Å². The van der Waals surface area contributed by atoms with Gasteiger partial charge in [-0.2, -0.15) is 0 Å². The van der Waals surface area contributed by atoms with Crippen molar-refractivity contribution in [2.75, 3.05) is 6.61 Å². The summed E-state index contributed by atoms with van der Waals surface area (Å²) in [6.07, 6.45) is -3.01. The largest absolute Gasteiger partial charge is 0.457 e. The Morgan fingerprint density at radius 3 is 2.23 bits per heavy atom. The fraction of sp³-hybridized carbons (Fsp3) is 0.972. The molecule has 0 aromatic heterocycles. The summed E-state index contributed by atoms with van der Waals surface area (Å²) in [5.41, 5.74) is -4.59. The molecule has 5 saturated carbocycles. The predicted molar refractivity (Wildman–Crippen MR) is 169 cm³/mol. The average molecular weight is 683 g/mol. The SMILES string of the molecule is CC(=O)O[C@@H]([C@H]1C[C@@H](C)[C@H]2[C@@](O)(O1)[C@H](O)[C@@]1(O)[C@@H]3CC[C@H]4C(C)(C)[C@@H](O[C@@H]5OC[C@@H](O)[C@H](O)[C@H]5O)CC[C@@]45C[C@@]35CC[C@]21C)C(C)(C)O. The van der Waals surface area contributed by atoms with Gasteiger partial charge in [0, 0.05) is 18.3 Å². The molecule has 2 aliphatic heterocycles. The zero-order valence-corrected chi connectivity index (χ0v) is 29.5. The smallest absolute Gasteiger partial charge is 0.303 e. The Morgan fingerprint density at radius 2 is 1.58 bits per heavy atom. The monoisotopic (exact) mass is 682 g/mol. The lowest BCUT2D eigenvalue weighted by atomic mass is 9.44. The van der Waals surface area contributed by atoms with E-state index in [9.17, 15) is 40.5 Å². The van der Waals surface area contributed by atoms with Crippen molar-refractivity contribution in [3.63, 3.8) is 0 Å². The van der Waals surface area contributed by atoms with Gasteiger partial charge in [0.25, 0.3) is 0 Å². The molecule has 12 nitrogen and oxygen atoms in total. The third kappa shape index (κ3) is 4.40. The highest BCUT2D eigenvalue weighted by atomic mass is 16.7. The molecule has 0 aromatic rings. The second-order valence-corrected chi connectivity index (χ2v) is 18.3. The summed E-state index contributed by atoms with van der Waals surface area (Å²) in [4.78, 5) is 12.0. The standard InChI is InChI=1S/C36H58O12/c1-17-14-20(27(31(5,6)42)46-18(2)37)48-36(44)26(17)32(7)12-13-34-16-33(34)11-10-23(47-28-25(40)24(39)19(38)15-45-28)30(3,4)21(33)8-9-22(34)35(32,43)29(36)41/h17,19-29,38-44H,8-16H2,1-7H3/t17-,19-,20-,21+,22-,23+,24+,25-,26-,27+,28+,29-,32-,33-,34+,35+,36-/m1/s1. The molecule has 2 spiro atoms. The summed E-state index contributed by atoms with van der Waals surface area (Å²) in [6.45, 7) is 12.6. The molecular weight excluding hydrogens is 624 g/mol. The highest BCUT2D eigenvalue weighted by Gasteiger charge is 2.88. The van der Waals surface area contributed by atoms with E-state index in [1.54, 1.807) is 0 Å². The van der Waals surface area contributed by atoms with Crippen LogP contribution in [0.15, 0.2) is 0 Å². The van der Waals surface area contributed by atoms with Crippen molar-refractivity contribution in [3.05, 3.63) is 0 Å². The second kappa shape index (κ2) is 10.8. The molecule has 0 amide bonds. The minimum atomic E-state index is -2.11. The number of fused-ring (bicyclic) bond motifs is 4. The Kier molecular flexibility index (Phi) is 7.98. The van der Waals surface area contributed by atoms with E-state index < -0.39 is 77.2 Å². The van der Waals surface area contributed by atoms with E-state index in [1.165, 1.54) is 20.8 Å². The molecular formula is C36H58O12. The average Bonchev–Trinajstić information content (AvgIpc) is 3.62. The molecule has 17 atom stereocenters. The second-order valence-electron chi connectivity index (χ2n) is 18.3. The van der Waals surface area contributed by atoms with E-state index in [1.807, 2.05) is 13.8 Å². The van der Waals surface area contributed by atoms with Crippen LogP contribution in [0.5, 0.6) is 0 Å². The molecule has 7 rings (SSSR count). The molecule has 7 N–H and O–H groups in total. The Bertz CT molecular complexity index is 1300. The van der Waals surface area contributed by atoms with E-state index in [-0.39, 0.29) is 46.7 Å². The third-order valence-electron chi connectivity index (χ3n) is 15.2. The molecule has 2 heterocycles. The van der Waals surface area contributed by atoms with Crippen LogP contribution in [0.3, 0.4) is 0 Å². The number of carbonyl (C=O) groups excluding carboxylic acids is 1. The van der Waals surface area contributed by atoms with Crippen LogP contribution in [0.2, 0.25) is 0 Å². The van der Waals surface area contributed by atoms with E-state index in [0.29, 0.717) is 25.7 Å². The molecule has 0 bridgehead atoms. The number of esters is 1. The van der Waals surface area contributed by atoms with Crippen molar-refractivity contribution >= 4 is 5.97 Å². The lowest BCUT2D eigenvalue weighted by Gasteiger charge is -2.62. The first-order chi connectivity index (χ1) is 22.1. The van der Waals surface area contributed by atoms with E-state index >= 15 is 0 Å². The number of ether oxygens (including phenoxy) is 4. The quantitative estimate of drug-likeness (QED) is 0.163. The Morgan fingerprint density at radius 1 is 0.938 bits per heavy atom. The van der Waals surface area contributed by atoms with Crippen LogP contribution in [-0.4, -0.2) is 114 Å². The van der Waals surface area contributed by atoms with Crippen molar-refractivity contribution in [1.29, 1.82) is 0 Å². The predicted octanol–water partition coefficient (Wildman–Crippen LogP) is 1.37. The summed E-state index contributed by atoms with van der Waals surface area (Å²) in [5, 5.41) is 79.5. The maximum absolute atomic E-state index is 13.1. The molecule has 0 aromatic carbocycles. The summed E-state index contributed by atoms with van der Waals surface area (Å²) >= 11 is 0. The molecule has 48 heavy (non-hydrogen) atoms. The van der Waals surface area contributed by atoms with Gasteiger partial charge in [0.1, 0.15) is 36.1 Å². The Labute approximate surface area is 283 Å². The van der Waals surface area contributed by atoms with Gasteiger partial charge in [-0.3, -0.25) is 4.79 Å². The lowest BCUT2D eigenvalue weighted by molar-refractivity contribution is -0.344. The first-order valence-electron chi connectivity index (χ1n) is 18.1. The zero-order valence-electron chi connectivity index (χ0n) is 29.5. The molecule has 0 unspecified atom stereocenters. The number of hydrogen-bond acceptors (Lipinski definition) is 12. The maximum atomic E-state index is 13.1. The van der Waals surface area contributed by atoms with Gasteiger partial charge >= 0.3 is 5.97 Å². The summed E-state index contributed by atoms with van der Waals surface area (Å²) in [5.74, 6) is -3.52. The summed E-state index contributed by atoms with van der Waals surface area (Å²) < 4.78 is 23.9. The summed E-state index contributed by atoms with van der Waals surface area (Å²) in [7, 11) is 0. The maximum Gasteiger partial charge on any atom is 0.303 e. The van der Waals surface area contributed by atoms with Crippen molar-refractivity contribution < 1.29 is 59.5 Å². The highest BCUT2D eigenvalue weighted by molar-refractivity contribution is 5.66. The van der Waals surface area contributed by atoms with Gasteiger partial charge in [0.2, 0.25) is 0 Å². The third-order valence-corrected chi connectivity index (χ3v) is 15.2. The number of rotatable bonds is 5. The number of aliphatic hydroxyl groups excluding tert-OH is 4. The van der Waals surface area contributed by atoms with Gasteiger partial charge in [0.05, 0.1) is 18.3 Å². The minimum Gasteiger partial charge on any atom is -0.457 e. The number of hydrogen-bond donors (Lipinski definition) is 7. The van der Waals surface area contributed by atoms with Crippen LogP contribution in [0.25, 0.3) is 0 Å². The molecule has 274 valence electrons. The lowest BCUT2D eigenvalue weighted by Crippen LogP contribution is -2.66. The molecule has 5 aliphatic carbocycles. The van der Waals surface area contributed by atoms with Gasteiger partial charge in [-0.25, -0.2) is 0 Å². The van der Waals surface area contributed by atoms with Gasteiger partial charge in [-0.1, -0.05) is 27.7 Å². The van der Waals surface area contributed by atoms with Crippen LogP contribution in [0.4, 0.5) is 0 Å². The molecule has 7 aliphatic rings. The number of aliphatic hydroxyl groups is 7. The van der Waals surface area contributed by atoms with Crippen molar-refractivity contribution in [1.82, 2.24) is 0 Å². The Hall–Kier alpha value is -0.930. The fourth-order valence-corrected chi connectivity index (χ4v) is 13.3. The highest BCUT2D eigenvalue weighted by Crippen LogP contribution is 2.88. The normalized spacial score (nSPS) is 56.1. The zero-order chi connectivity index (χ0) is 35.2. The molecule has 7 fully saturated rings. The minimum absolute atomic E-state index is 0.0788. The van der Waals surface area contributed by atoms with Gasteiger partial charge < -0.3 is 54.7 Å². The topological polar surface area (TPSA) is 196 Å². The number of carbonyl (C=O) groups is 1. The van der Waals surface area contributed by atoms with E-state index in [4.69, 9.17) is 18.9 Å². The van der Waals surface area contributed by atoms with E-state index in [0.717, 1.165) is 25.7 Å². The van der Waals surface area contributed by atoms with Gasteiger partial charge in [-0.15, -0.1) is 0 Å². The first kappa shape index (κ1) is 35.5. The van der Waals surface area contributed by atoms with Crippen LogP contribution >= 0.6 is 0 Å². The first-order valence-corrected chi connectivity index (χ1v) is 18.1. The Balaban J connectivity index is 1.17. The van der Waals surface area contributed by atoms with E-state index in [2.05, 4.69) is 13.8 Å². The molecule has 12 heteroatoms. The van der Waals surface area contributed by atoms with Gasteiger partial charge in [-0.05, 0) is 99.2 Å². The molecule has 0 radical (unpaired) electrons. The van der Waals surface area contributed by atoms with Gasteiger partial charge in [0.15, 0.2) is 18.2 Å². The van der Waals surface area contributed by atoms with Crippen molar-refractivity contribution in [2.45, 2.75) is 166 Å². The van der Waals surface area contributed by atoms with Crippen molar-refractivity contribution in [2.24, 2.45) is 45.3 Å².